The average Bonchev–Trinajstić information content (AvgIpc) is 3.39. The minimum atomic E-state index is -3.91. The molecule has 0 spiro atoms. The first-order valence-corrected chi connectivity index (χ1v) is 15.1. The molecule has 15 nitrogen and oxygen atoms in total. The van der Waals surface area contributed by atoms with Crippen LogP contribution in [0.1, 0.15) is 38.0 Å². The first-order chi connectivity index (χ1) is 20.2. The zero-order valence-electron chi connectivity index (χ0n) is 23.7. The molecule has 3 atom stereocenters. The zero-order valence-corrected chi connectivity index (χ0v) is 24.5. The van der Waals surface area contributed by atoms with Crippen molar-refractivity contribution in [3.05, 3.63) is 36.2 Å². The SMILES string of the molecule is COc1ncnc(OC)c1-n1c(CS(=O)(=O)[C@@H]2C[C@H](OC(C)C)CN(c3ncc(F)cn3)C2)nnc1[C@@H]1COCCO1. The number of ether oxygens (including phenoxy) is 5. The van der Waals surface area contributed by atoms with E-state index in [9.17, 15) is 12.8 Å². The maximum absolute atomic E-state index is 14.1. The summed E-state index contributed by atoms with van der Waals surface area (Å²) < 4.78 is 71.6. The standard InChI is InChI=1S/C25H33FN8O7S/c1-15(2)41-17-7-18(11-33(10-17)25-27-8-16(26)9-28-25)42(35,36)13-20-31-32-22(19-12-39-5-6-40-19)34(20)21-23(37-3)29-14-30-24(21)38-4/h8-9,14-15,17-19H,5-7,10-13H2,1-4H3/t17-,18+,19-/m0/s1. The Labute approximate surface area is 242 Å². The lowest BCUT2D eigenvalue weighted by Crippen LogP contribution is -2.51. The van der Waals surface area contributed by atoms with Gasteiger partial charge in [-0.15, -0.1) is 10.2 Å². The highest BCUT2D eigenvalue weighted by Gasteiger charge is 2.39. The fourth-order valence-corrected chi connectivity index (χ4v) is 6.73. The molecule has 0 radical (unpaired) electrons. The largest absolute Gasteiger partial charge is 0.479 e. The van der Waals surface area contributed by atoms with E-state index in [0.717, 1.165) is 12.4 Å². The first kappa shape index (κ1) is 29.9. The Hall–Kier alpha value is -3.54. The topological polar surface area (TPSA) is 166 Å². The Morgan fingerprint density at radius 1 is 1.05 bits per heavy atom. The lowest BCUT2D eigenvalue weighted by Gasteiger charge is -2.38. The maximum atomic E-state index is 14.1. The highest BCUT2D eigenvalue weighted by Crippen LogP contribution is 2.34. The van der Waals surface area contributed by atoms with Crippen LogP contribution in [-0.4, -0.2) is 108 Å². The Morgan fingerprint density at radius 3 is 2.38 bits per heavy atom. The van der Waals surface area contributed by atoms with Crippen LogP contribution in [0.4, 0.5) is 10.3 Å². The van der Waals surface area contributed by atoms with Gasteiger partial charge in [0.05, 0.1) is 63.9 Å². The fraction of sp³-hybridized carbons (Fsp3) is 0.600. The van der Waals surface area contributed by atoms with Crippen molar-refractivity contribution in [1.82, 2.24) is 34.7 Å². The van der Waals surface area contributed by atoms with Crippen LogP contribution in [0.25, 0.3) is 5.69 Å². The van der Waals surface area contributed by atoms with Crippen molar-refractivity contribution in [3.8, 4) is 17.4 Å². The quantitative estimate of drug-likeness (QED) is 0.321. The second kappa shape index (κ2) is 12.8. The molecular formula is C25H33FN8O7S. The van der Waals surface area contributed by atoms with Crippen molar-refractivity contribution in [2.45, 2.75) is 49.6 Å². The van der Waals surface area contributed by atoms with Gasteiger partial charge >= 0.3 is 0 Å². The lowest BCUT2D eigenvalue weighted by atomic mass is 10.1. The molecule has 0 aliphatic carbocycles. The molecule has 0 aromatic carbocycles. The second-order valence-corrected chi connectivity index (χ2v) is 12.3. The van der Waals surface area contributed by atoms with Gasteiger partial charge in [-0.3, -0.25) is 4.57 Å². The summed E-state index contributed by atoms with van der Waals surface area (Å²) in [7, 11) is -1.06. The molecule has 0 N–H and O–H groups in total. The monoisotopic (exact) mass is 608 g/mol. The molecule has 17 heteroatoms. The predicted octanol–water partition coefficient (Wildman–Crippen LogP) is 1.08. The first-order valence-electron chi connectivity index (χ1n) is 13.4. The van der Waals surface area contributed by atoms with Gasteiger partial charge in [-0.25, -0.2) is 22.8 Å². The van der Waals surface area contributed by atoms with E-state index in [1.165, 1.54) is 25.1 Å². The van der Waals surface area contributed by atoms with E-state index in [1.807, 2.05) is 13.8 Å². The van der Waals surface area contributed by atoms with Crippen LogP contribution in [0, 0.1) is 5.82 Å². The van der Waals surface area contributed by atoms with E-state index in [1.54, 1.807) is 4.90 Å². The van der Waals surface area contributed by atoms with Crippen molar-refractivity contribution < 1.29 is 36.5 Å². The Bertz CT molecular complexity index is 1450. The Balaban J connectivity index is 1.53. The molecule has 0 bridgehead atoms. The van der Waals surface area contributed by atoms with Gasteiger partial charge in [0.2, 0.25) is 17.7 Å². The van der Waals surface area contributed by atoms with E-state index in [-0.39, 0.29) is 60.7 Å². The molecule has 2 fully saturated rings. The number of sulfone groups is 1. The maximum Gasteiger partial charge on any atom is 0.245 e. The van der Waals surface area contributed by atoms with E-state index < -0.39 is 38.9 Å². The number of piperidine rings is 1. The molecule has 3 aromatic heterocycles. The van der Waals surface area contributed by atoms with Crippen LogP contribution in [-0.2, 0) is 29.8 Å². The summed E-state index contributed by atoms with van der Waals surface area (Å²) in [6.07, 6.45) is 2.38. The molecule has 0 amide bonds. The summed E-state index contributed by atoms with van der Waals surface area (Å²) in [5.74, 6) is -0.245. The molecule has 2 saturated heterocycles. The van der Waals surface area contributed by atoms with E-state index >= 15 is 0 Å². The molecule has 0 saturated carbocycles. The van der Waals surface area contributed by atoms with E-state index in [0.29, 0.717) is 19.8 Å². The molecular weight excluding hydrogens is 575 g/mol. The summed E-state index contributed by atoms with van der Waals surface area (Å²) in [4.78, 5) is 18.2. The molecule has 3 aromatic rings. The third-order valence-corrected chi connectivity index (χ3v) is 8.81. The van der Waals surface area contributed by atoms with Crippen molar-refractivity contribution in [2.75, 3.05) is 52.0 Å². The minimum absolute atomic E-state index is 0.0770. The van der Waals surface area contributed by atoms with Crippen molar-refractivity contribution in [3.63, 3.8) is 0 Å². The van der Waals surface area contributed by atoms with Gasteiger partial charge in [-0.2, -0.15) is 9.97 Å². The summed E-state index contributed by atoms with van der Waals surface area (Å²) in [6.45, 7) is 5.11. The normalized spacial score (nSPS) is 21.5. The molecule has 5 heterocycles. The van der Waals surface area contributed by atoms with Gasteiger partial charge in [-0.1, -0.05) is 0 Å². The number of hydrogen-bond acceptors (Lipinski definition) is 14. The summed E-state index contributed by atoms with van der Waals surface area (Å²) in [6, 6.07) is 0. The van der Waals surface area contributed by atoms with Gasteiger partial charge in [0, 0.05) is 13.1 Å². The number of nitrogens with zero attached hydrogens (tertiary/aromatic N) is 8. The zero-order chi connectivity index (χ0) is 29.9. The lowest BCUT2D eigenvalue weighted by molar-refractivity contribution is -0.0942. The van der Waals surface area contributed by atoms with Crippen LogP contribution >= 0.6 is 0 Å². The number of hydrogen-bond donors (Lipinski definition) is 0. The average molecular weight is 609 g/mol. The van der Waals surface area contributed by atoms with E-state index in [2.05, 4.69) is 30.1 Å². The molecule has 228 valence electrons. The number of anilines is 1. The molecule has 2 aliphatic rings. The van der Waals surface area contributed by atoms with Crippen LogP contribution in [0.5, 0.6) is 11.8 Å². The third kappa shape index (κ3) is 6.43. The summed E-state index contributed by atoms with van der Waals surface area (Å²) >= 11 is 0. The molecule has 5 rings (SSSR count). The highest BCUT2D eigenvalue weighted by molar-refractivity contribution is 7.91. The van der Waals surface area contributed by atoms with Crippen molar-refractivity contribution >= 4 is 15.8 Å². The molecule has 0 unspecified atom stereocenters. The van der Waals surface area contributed by atoms with Crippen LogP contribution in [0.2, 0.25) is 0 Å². The van der Waals surface area contributed by atoms with Crippen LogP contribution < -0.4 is 14.4 Å². The summed E-state index contributed by atoms with van der Waals surface area (Å²) in [5.41, 5.74) is 0.230. The van der Waals surface area contributed by atoms with Crippen LogP contribution in [0.3, 0.4) is 0 Å². The van der Waals surface area contributed by atoms with Crippen molar-refractivity contribution in [1.29, 1.82) is 0 Å². The van der Waals surface area contributed by atoms with Crippen LogP contribution in [0.15, 0.2) is 18.7 Å². The summed E-state index contributed by atoms with van der Waals surface area (Å²) in [5, 5.41) is 7.69. The molecule has 2 aliphatic heterocycles. The predicted molar refractivity (Wildman–Crippen MR) is 145 cm³/mol. The second-order valence-electron chi connectivity index (χ2n) is 10.1. The van der Waals surface area contributed by atoms with Gasteiger partial charge in [0.25, 0.3) is 0 Å². The third-order valence-electron chi connectivity index (χ3n) is 6.79. The number of aromatic nitrogens is 7. The minimum Gasteiger partial charge on any atom is -0.479 e. The van der Waals surface area contributed by atoms with E-state index in [4.69, 9.17) is 23.7 Å². The highest BCUT2D eigenvalue weighted by atomic mass is 32.2. The van der Waals surface area contributed by atoms with Gasteiger partial charge < -0.3 is 28.6 Å². The van der Waals surface area contributed by atoms with Gasteiger partial charge in [0.1, 0.15) is 18.2 Å². The fourth-order valence-electron chi connectivity index (χ4n) is 5.03. The van der Waals surface area contributed by atoms with Gasteiger partial charge in [0.15, 0.2) is 33.0 Å². The number of halogens is 1. The molecule has 42 heavy (non-hydrogen) atoms. The Kier molecular flexibility index (Phi) is 9.10. The smallest absolute Gasteiger partial charge is 0.245 e. The van der Waals surface area contributed by atoms with Gasteiger partial charge in [-0.05, 0) is 20.3 Å². The number of methoxy groups -OCH3 is 2. The van der Waals surface area contributed by atoms with Crippen molar-refractivity contribution in [2.24, 2.45) is 0 Å². The Morgan fingerprint density at radius 2 is 1.76 bits per heavy atom. The number of rotatable bonds is 10.